The zero-order valence-corrected chi connectivity index (χ0v) is 15.3. The van der Waals surface area contributed by atoms with Crippen LogP contribution in [0.5, 0.6) is 5.75 Å². The third-order valence-corrected chi connectivity index (χ3v) is 4.99. The molecule has 0 bridgehead atoms. The molecule has 25 heavy (non-hydrogen) atoms. The van der Waals surface area contributed by atoms with Gasteiger partial charge in [0.2, 0.25) is 5.91 Å². The Morgan fingerprint density at radius 2 is 2.24 bits per heavy atom. The molecule has 3 aromatic rings. The first-order valence-electron chi connectivity index (χ1n) is 7.93. The highest BCUT2D eigenvalue weighted by Gasteiger charge is 2.19. The number of aromatic nitrogens is 3. The maximum absolute atomic E-state index is 12.1. The fourth-order valence-corrected chi connectivity index (χ4v) is 3.53. The van der Waals surface area contributed by atoms with Crippen molar-refractivity contribution in [3.8, 4) is 5.75 Å². The fraction of sp³-hybridized carbons (Fsp3) is 0.278. The number of aryl methyl sites for hydroxylation is 1. The van der Waals surface area contributed by atoms with Gasteiger partial charge in [-0.1, -0.05) is 17.8 Å². The number of hydrogen-bond acceptors (Lipinski definition) is 5. The van der Waals surface area contributed by atoms with E-state index in [-0.39, 0.29) is 11.2 Å². The van der Waals surface area contributed by atoms with E-state index in [1.807, 2.05) is 42.5 Å². The highest BCUT2D eigenvalue weighted by molar-refractivity contribution is 8.00. The summed E-state index contributed by atoms with van der Waals surface area (Å²) < 4.78 is 7.32. The third kappa shape index (κ3) is 3.32. The van der Waals surface area contributed by atoms with E-state index in [2.05, 4.69) is 22.1 Å². The Hall–Kier alpha value is -2.54. The highest BCUT2D eigenvalue weighted by atomic mass is 32.2. The molecule has 3 rings (SSSR count). The molecule has 1 amide bonds. The number of methoxy groups -OCH3 is 1. The van der Waals surface area contributed by atoms with Gasteiger partial charge >= 0.3 is 0 Å². The topological polar surface area (TPSA) is 68.5 Å². The van der Waals surface area contributed by atoms with Gasteiger partial charge in [-0.15, -0.1) is 16.8 Å². The van der Waals surface area contributed by atoms with Crippen LogP contribution in [0.4, 0.5) is 0 Å². The van der Waals surface area contributed by atoms with Crippen molar-refractivity contribution in [2.24, 2.45) is 0 Å². The average Bonchev–Trinajstić information content (AvgIpc) is 3.01. The van der Waals surface area contributed by atoms with Crippen molar-refractivity contribution in [1.29, 1.82) is 0 Å². The number of hydrogen-bond donors (Lipinski definition) is 1. The van der Waals surface area contributed by atoms with Gasteiger partial charge in [0.1, 0.15) is 5.75 Å². The van der Waals surface area contributed by atoms with Crippen LogP contribution in [0.25, 0.3) is 16.6 Å². The molecule has 0 aliphatic rings. The maximum atomic E-state index is 12.1. The number of nitrogens with zero attached hydrogens (tertiary/aromatic N) is 3. The van der Waals surface area contributed by atoms with E-state index in [9.17, 15) is 4.79 Å². The van der Waals surface area contributed by atoms with Crippen LogP contribution in [-0.2, 0) is 4.79 Å². The Kier molecular flexibility index (Phi) is 4.94. The van der Waals surface area contributed by atoms with E-state index < -0.39 is 0 Å². The Morgan fingerprint density at radius 1 is 1.44 bits per heavy atom. The van der Waals surface area contributed by atoms with Crippen LogP contribution in [0.2, 0.25) is 0 Å². The van der Waals surface area contributed by atoms with Gasteiger partial charge in [0.05, 0.1) is 17.9 Å². The molecular weight excluding hydrogens is 336 g/mol. The second-order valence-corrected chi connectivity index (χ2v) is 6.99. The summed E-state index contributed by atoms with van der Waals surface area (Å²) in [6.45, 7) is 7.95. The fourth-order valence-electron chi connectivity index (χ4n) is 2.63. The van der Waals surface area contributed by atoms with Gasteiger partial charge in [0.15, 0.2) is 10.8 Å². The van der Waals surface area contributed by atoms with Crippen molar-refractivity contribution in [3.63, 3.8) is 0 Å². The van der Waals surface area contributed by atoms with Crippen LogP contribution < -0.4 is 10.1 Å². The predicted molar refractivity (Wildman–Crippen MR) is 100 cm³/mol. The monoisotopic (exact) mass is 356 g/mol. The van der Waals surface area contributed by atoms with Crippen LogP contribution >= 0.6 is 11.8 Å². The van der Waals surface area contributed by atoms with E-state index in [0.29, 0.717) is 11.7 Å². The lowest BCUT2D eigenvalue weighted by Crippen LogP contribution is -2.31. The van der Waals surface area contributed by atoms with Crippen molar-refractivity contribution in [1.82, 2.24) is 19.9 Å². The van der Waals surface area contributed by atoms with E-state index >= 15 is 0 Å². The van der Waals surface area contributed by atoms with Crippen molar-refractivity contribution < 1.29 is 9.53 Å². The number of nitrogens with one attached hydrogen (secondary N) is 1. The normalized spacial score (nSPS) is 12.3. The quantitative estimate of drug-likeness (QED) is 0.543. The van der Waals surface area contributed by atoms with E-state index in [1.165, 1.54) is 11.8 Å². The number of benzene rings is 1. The lowest BCUT2D eigenvalue weighted by atomic mass is 10.1. The summed E-state index contributed by atoms with van der Waals surface area (Å²) in [4.78, 5) is 12.1. The zero-order chi connectivity index (χ0) is 18.0. The van der Waals surface area contributed by atoms with Crippen LogP contribution in [0, 0.1) is 6.92 Å². The van der Waals surface area contributed by atoms with Crippen LogP contribution in [0.15, 0.2) is 42.1 Å². The summed E-state index contributed by atoms with van der Waals surface area (Å²) in [7, 11) is 1.64. The first-order chi connectivity index (χ1) is 12.0. The van der Waals surface area contributed by atoms with Gasteiger partial charge < -0.3 is 10.1 Å². The zero-order valence-electron chi connectivity index (χ0n) is 14.4. The molecule has 130 valence electrons. The molecular formula is C18H20N4O2S. The summed E-state index contributed by atoms with van der Waals surface area (Å²) in [5.41, 5.74) is 2.82. The molecule has 0 fully saturated rings. The molecule has 0 aliphatic carbocycles. The van der Waals surface area contributed by atoms with Crippen molar-refractivity contribution in [2.75, 3.05) is 13.7 Å². The molecule has 1 aromatic carbocycles. The average molecular weight is 356 g/mol. The van der Waals surface area contributed by atoms with E-state index in [4.69, 9.17) is 4.74 Å². The van der Waals surface area contributed by atoms with Gasteiger partial charge in [-0.2, -0.15) is 0 Å². The molecule has 0 saturated heterocycles. The SMILES string of the molecule is C=CCNC(=O)[C@@H](C)Sc1nnc2cc(C)c3ccc(OC)cc3n12. The number of fused-ring (bicyclic) bond motifs is 3. The number of ether oxygens (including phenoxy) is 1. The minimum atomic E-state index is -0.297. The summed E-state index contributed by atoms with van der Waals surface area (Å²) in [5, 5.41) is 12.8. The molecule has 0 spiro atoms. The Morgan fingerprint density at radius 3 is 2.96 bits per heavy atom. The Labute approximate surface area is 150 Å². The first-order valence-corrected chi connectivity index (χ1v) is 8.81. The summed E-state index contributed by atoms with van der Waals surface area (Å²) in [5.74, 6) is 0.705. The molecule has 6 nitrogen and oxygen atoms in total. The number of pyridine rings is 1. The summed E-state index contributed by atoms with van der Waals surface area (Å²) >= 11 is 1.37. The summed E-state index contributed by atoms with van der Waals surface area (Å²) in [6, 6.07) is 7.92. The molecule has 2 heterocycles. The molecule has 1 atom stereocenters. The van der Waals surface area contributed by atoms with Crippen LogP contribution in [-0.4, -0.2) is 39.4 Å². The number of amides is 1. The van der Waals surface area contributed by atoms with Gasteiger partial charge in [0, 0.05) is 18.0 Å². The van der Waals surface area contributed by atoms with Crippen LogP contribution in [0.1, 0.15) is 12.5 Å². The third-order valence-electron chi connectivity index (χ3n) is 3.95. The lowest BCUT2D eigenvalue weighted by molar-refractivity contribution is -0.120. The largest absolute Gasteiger partial charge is 0.497 e. The second-order valence-electron chi connectivity index (χ2n) is 5.68. The number of carbonyl (C=O) groups excluding carboxylic acids is 1. The van der Waals surface area contributed by atoms with Gasteiger partial charge in [0.25, 0.3) is 0 Å². The minimum absolute atomic E-state index is 0.0596. The molecule has 1 N–H and O–H groups in total. The van der Waals surface area contributed by atoms with E-state index in [1.54, 1.807) is 13.2 Å². The predicted octanol–water partition coefficient (Wildman–Crippen LogP) is 2.98. The van der Waals surface area contributed by atoms with Crippen molar-refractivity contribution in [3.05, 3.63) is 42.5 Å². The van der Waals surface area contributed by atoms with E-state index in [0.717, 1.165) is 27.9 Å². The van der Waals surface area contributed by atoms with Crippen molar-refractivity contribution in [2.45, 2.75) is 24.3 Å². The first kappa shape index (κ1) is 17.3. The molecule has 7 heteroatoms. The Balaban J connectivity index is 2.06. The minimum Gasteiger partial charge on any atom is -0.497 e. The molecule has 0 radical (unpaired) electrons. The molecule has 2 aromatic heterocycles. The molecule has 0 saturated carbocycles. The van der Waals surface area contributed by atoms with Gasteiger partial charge in [-0.05, 0) is 37.6 Å². The maximum Gasteiger partial charge on any atom is 0.233 e. The second kappa shape index (κ2) is 7.14. The molecule has 0 aliphatic heterocycles. The lowest BCUT2D eigenvalue weighted by Gasteiger charge is -2.12. The standard InChI is InChI=1S/C18H20N4O2S/c1-5-8-19-17(23)12(3)25-18-21-20-16-9-11(2)14-7-6-13(24-4)10-15(14)22(16)18/h5-7,9-10,12H,1,8H2,2-4H3,(H,19,23)/t12-/m1/s1. The number of rotatable bonds is 6. The smallest absolute Gasteiger partial charge is 0.233 e. The van der Waals surface area contributed by atoms with Crippen molar-refractivity contribution >= 4 is 34.2 Å². The Bertz CT molecular complexity index is 951. The highest BCUT2D eigenvalue weighted by Crippen LogP contribution is 2.30. The summed E-state index contributed by atoms with van der Waals surface area (Å²) in [6.07, 6.45) is 1.66. The number of carbonyl (C=O) groups is 1. The molecule has 0 unspecified atom stereocenters. The van der Waals surface area contributed by atoms with Gasteiger partial charge in [-0.25, -0.2) is 0 Å². The number of thioether (sulfide) groups is 1. The van der Waals surface area contributed by atoms with Gasteiger partial charge in [-0.3, -0.25) is 9.20 Å². The van der Waals surface area contributed by atoms with Crippen LogP contribution in [0.3, 0.4) is 0 Å².